The predicted molar refractivity (Wildman–Crippen MR) is 79.1 cm³/mol. The van der Waals surface area contributed by atoms with Gasteiger partial charge in [0, 0.05) is 17.1 Å². The summed E-state index contributed by atoms with van der Waals surface area (Å²) in [6.07, 6.45) is -0.231. The van der Waals surface area contributed by atoms with E-state index in [0.29, 0.717) is 16.5 Å². The number of fused-ring (bicyclic) bond motifs is 1. The van der Waals surface area contributed by atoms with E-state index in [-0.39, 0.29) is 18.1 Å². The largest absolute Gasteiger partial charge is 0.448 e. The first-order chi connectivity index (χ1) is 11.4. The highest BCUT2D eigenvalue weighted by Gasteiger charge is 2.32. The van der Waals surface area contributed by atoms with Crippen LogP contribution in [0.1, 0.15) is 5.56 Å². The Hall–Kier alpha value is -2.55. The molecule has 0 aliphatic rings. The van der Waals surface area contributed by atoms with Crippen molar-refractivity contribution in [3.8, 4) is 11.1 Å². The van der Waals surface area contributed by atoms with Crippen LogP contribution < -0.4 is 0 Å². The van der Waals surface area contributed by atoms with Crippen molar-refractivity contribution >= 4 is 28.5 Å². The maximum atomic E-state index is 13.1. The van der Waals surface area contributed by atoms with Gasteiger partial charge in [-0.2, -0.15) is 23.4 Å². The lowest BCUT2D eigenvalue weighted by Gasteiger charge is -2.09. The Bertz CT molecular complexity index is 888. The molecule has 0 atom stereocenters. The molecule has 2 heterocycles. The number of aromatic amines is 1. The Kier molecular flexibility index (Phi) is 4.18. The molecule has 0 saturated heterocycles. The molecule has 6 nitrogen and oxygen atoms in total. The summed E-state index contributed by atoms with van der Waals surface area (Å²) in [5.74, 6) is -0.600. The molecule has 3 aromatic rings. The third kappa shape index (κ3) is 3.21. The Morgan fingerprint density at radius 3 is 2.83 bits per heavy atom. The van der Waals surface area contributed by atoms with E-state index in [9.17, 15) is 18.0 Å². The van der Waals surface area contributed by atoms with E-state index in [1.807, 2.05) is 0 Å². The standard InChI is InChI=1S/C14H10ClF3N4O2/c15-7-24-13(23)6-22-5-8(3-20-22)10-1-9(14(16,17)18)2-12-11(10)4-19-21-12/h1-5H,6-7H2,(H,19,21). The van der Waals surface area contributed by atoms with Gasteiger partial charge in [0.15, 0.2) is 6.07 Å². The van der Waals surface area contributed by atoms with Crippen molar-refractivity contribution < 1.29 is 22.7 Å². The number of carbonyl (C=O) groups is 1. The van der Waals surface area contributed by atoms with Gasteiger partial charge < -0.3 is 4.74 Å². The molecule has 0 aliphatic carbocycles. The Morgan fingerprint density at radius 1 is 1.33 bits per heavy atom. The zero-order chi connectivity index (χ0) is 17.3. The first-order valence-corrected chi connectivity index (χ1v) is 7.20. The van der Waals surface area contributed by atoms with Gasteiger partial charge in [-0.3, -0.25) is 14.6 Å². The summed E-state index contributed by atoms with van der Waals surface area (Å²) in [5.41, 5.74) is 0.189. The van der Waals surface area contributed by atoms with E-state index < -0.39 is 17.7 Å². The summed E-state index contributed by atoms with van der Waals surface area (Å²) in [6, 6.07) is 1.74. The highest BCUT2D eigenvalue weighted by molar-refractivity contribution is 6.17. The minimum absolute atomic E-state index is 0.194. The summed E-state index contributed by atoms with van der Waals surface area (Å²) in [6.45, 7) is -0.194. The quantitative estimate of drug-likeness (QED) is 0.574. The van der Waals surface area contributed by atoms with Crippen LogP contribution in [0.2, 0.25) is 0 Å². The number of nitrogens with zero attached hydrogens (tertiary/aromatic N) is 3. The molecule has 24 heavy (non-hydrogen) atoms. The van der Waals surface area contributed by atoms with Gasteiger partial charge in [-0.25, -0.2) is 0 Å². The van der Waals surface area contributed by atoms with Gasteiger partial charge in [0.25, 0.3) is 0 Å². The molecule has 0 radical (unpaired) electrons. The van der Waals surface area contributed by atoms with Gasteiger partial charge in [-0.1, -0.05) is 11.6 Å². The number of H-pyrrole nitrogens is 1. The Balaban J connectivity index is 2.01. The van der Waals surface area contributed by atoms with Crippen molar-refractivity contribution in [3.63, 3.8) is 0 Å². The molecule has 1 aromatic carbocycles. The molecular weight excluding hydrogens is 349 g/mol. The third-order valence-corrected chi connectivity index (χ3v) is 3.45. The van der Waals surface area contributed by atoms with Gasteiger partial charge in [-0.05, 0) is 17.7 Å². The van der Waals surface area contributed by atoms with Crippen LogP contribution in [0.4, 0.5) is 13.2 Å². The van der Waals surface area contributed by atoms with Crippen molar-refractivity contribution in [2.75, 3.05) is 6.07 Å². The molecule has 10 heteroatoms. The molecule has 0 unspecified atom stereocenters. The first-order valence-electron chi connectivity index (χ1n) is 6.67. The van der Waals surface area contributed by atoms with Crippen molar-refractivity contribution in [1.82, 2.24) is 20.0 Å². The molecule has 2 aromatic heterocycles. The van der Waals surface area contributed by atoms with E-state index in [1.54, 1.807) is 0 Å². The smallest absolute Gasteiger partial charge is 0.416 e. The third-order valence-electron chi connectivity index (χ3n) is 3.34. The zero-order valence-corrected chi connectivity index (χ0v) is 12.7. The molecule has 0 amide bonds. The molecule has 126 valence electrons. The fraction of sp³-hybridized carbons (Fsp3) is 0.214. The number of aromatic nitrogens is 4. The van der Waals surface area contributed by atoms with E-state index in [1.165, 1.54) is 23.3 Å². The van der Waals surface area contributed by atoms with Crippen LogP contribution in [-0.2, 0) is 22.3 Å². The minimum Gasteiger partial charge on any atom is -0.448 e. The van der Waals surface area contributed by atoms with Crippen molar-refractivity contribution in [1.29, 1.82) is 0 Å². The van der Waals surface area contributed by atoms with Crippen LogP contribution in [0.3, 0.4) is 0 Å². The van der Waals surface area contributed by atoms with Crippen LogP contribution in [-0.4, -0.2) is 32.0 Å². The predicted octanol–water partition coefficient (Wildman–Crippen LogP) is 3.18. The molecule has 0 bridgehead atoms. The monoisotopic (exact) mass is 358 g/mol. The molecule has 0 fully saturated rings. The fourth-order valence-corrected chi connectivity index (χ4v) is 2.40. The van der Waals surface area contributed by atoms with Gasteiger partial charge >= 0.3 is 12.1 Å². The van der Waals surface area contributed by atoms with Crippen molar-refractivity contribution in [2.45, 2.75) is 12.7 Å². The molecule has 3 rings (SSSR count). The number of ether oxygens (including phenoxy) is 1. The lowest BCUT2D eigenvalue weighted by Crippen LogP contribution is -2.12. The van der Waals surface area contributed by atoms with Crippen LogP contribution in [0.25, 0.3) is 22.0 Å². The number of hydrogen-bond acceptors (Lipinski definition) is 4. The average Bonchev–Trinajstić information content (AvgIpc) is 3.14. The number of alkyl halides is 4. The van der Waals surface area contributed by atoms with Gasteiger partial charge in [0.2, 0.25) is 0 Å². The lowest BCUT2D eigenvalue weighted by atomic mass is 10.0. The molecule has 1 N–H and O–H groups in total. The highest BCUT2D eigenvalue weighted by Crippen LogP contribution is 2.36. The summed E-state index contributed by atoms with van der Waals surface area (Å²) >= 11 is 5.29. The SMILES string of the molecule is O=C(Cn1cc(-c2cc(C(F)(F)F)cc3[nH]ncc23)cn1)OCCl. The second-order valence-electron chi connectivity index (χ2n) is 4.90. The van der Waals surface area contributed by atoms with Crippen LogP contribution in [0.5, 0.6) is 0 Å². The van der Waals surface area contributed by atoms with Crippen LogP contribution >= 0.6 is 11.6 Å². The van der Waals surface area contributed by atoms with E-state index >= 15 is 0 Å². The number of benzene rings is 1. The molecule has 0 aliphatic heterocycles. The Labute approximate surface area is 138 Å². The second kappa shape index (κ2) is 6.16. The molecule has 0 saturated carbocycles. The van der Waals surface area contributed by atoms with Crippen molar-refractivity contribution in [3.05, 3.63) is 36.3 Å². The second-order valence-corrected chi connectivity index (χ2v) is 5.12. The molecule has 0 spiro atoms. The lowest BCUT2D eigenvalue weighted by molar-refractivity contribution is -0.142. The average molecular weight is 359 g/mol. The zero-order valence-electron chi connectivity index (χ0n) is 12.0. The van der Waals surface area contributed by atoms with Crippen LogP contribution in [0, 0.1) is 0 Å². The van der Waals surface area contributed by atoms with Crippen LogP contribution in [0.15, 0.2) is 30.7 Å². The summed E-state index contributed by atoms with van der Waals surface area (Å²) in [7, 11) is 0. The summed E-state index contributed by atoms with van der Waals surface area (Å²) < 4.78 is 45.0. The maximum Gasteiger partial charge on any atom is 0.416 e. The van der Waals surface area contributed by atoms with E-state index in [4.69, 9.17) is 11.6 Å². The number of esters is 1. The minimum atomic E-state index is -4.49. The number of rotatable bonds is 4. The van der Waals surface area contributed by atoms with Gasteiger partial charge in [0.05, 0.1) is 23.5 Å². The highest BCUT2D eigenvalue weighted by atomic mass is 35.5. The normalized spacial score (nSPS) is 11.8. The summed E-state index contributed by atoms with van der Waals surface area (Å²) in [5, 5.41) is 10.8. The van der Waals surface area contributed by atoms with Crippen molar-refractivity contribution in [2.24, 2.45) is 0 Å². The number of hydrogen-bond donors (Lipinski definition) is 1. The number of halogens is 4. The van der Waals surface area contributed by atoms with Gasteiger partial charge in [-0.15, -0.1) is 0 Å². The van der Waals surface area contributed by atoms with E-state index in [0.717, 1.165) is 12.1 Å². The topological polar surface area (TPSA) is 72.8 Å². The van der Waals surface area contributed by atoms with E-state index in [2.05, 4.69) is 20.0 Å². The first kappa shape index (κ1) is 16.3. The molecular formula is C14H10ClF3N4O2. The number of carbonyl (C=O) groups excluding carboxylic acids is 1. The number of nitrogens with one attached hydrogen (secondary N) is 1. The fourth-order valence-electron chi connectivity index (χ4n) is 2.28. The summed E-state index contributed by atoms with van der Waals surface area (Å²) in [4.78, 5) is 11.4. The maximum absolute atomic E-state index is 13.1. The van der Waals surface area contributed by atoms with Gasteiger partial charge in [0.1, 0.15) is 6.54 Å². The Morgan fingerprint density at radius 2 is 2.12 bits per heavy atom.